The molecule has 0 aliphatic carbocycles. The van der Waals surface area contributed by atoms with Gasteiger partial charge in [-0.05, 0) is 24.1 Å². The average molecular weight is 282 g/mol. The van der Waals surface area contributed by atoms with Crippen LogP contribution in [0.15, 0.2) is 18.2 Å². The second kappa shape index (κ2) is 6.29. The lowest BCUT2D eigenvalue weighted by molar-refractivity contribution is -0.142. The van der Waals surface area contributed by atoms with Crippen LogP contribution in [0, 0.1) is 11.3 Å². The van der Waals surface area contributed by atoms with Gasteiger partial charge in [-0.25, -0.2) is 0 Å². The molecule has 0 bridgehead atoms. The van der Waals surface area contributed by atoms with Crippen molar-refractivity contribution in [1.29, 1.82) is 5.26 Å². The van der Waals surface area contributed by atoms with Crippen LogP contribution in [0.1, 0.15) is 23.6 Å². The first-order chi connectivity index (χ1) is 7.71. The maximum Gasteiger partial charge on any atom is 0.310 e. The zero-order chi connectivity index (χ0) is 12.0. The number of nitrogens with zero attached hydrogens (tertiary/aromatic N) is 1. The average Bonchev–Trinajstić information content (AvgIpc) is 2.29. The smallest absolute Gasteiger partial charge is 0.310 e. The summed E-state index contributed by atoms with van der Waals surface area (Å²) in [7, 11) is 0. The Morgan fingerprint density at radius 1 is 1.56 bits per heavy atom. The lowest BCUT2D eigenvalue weighted by atomic mass is 10.0. The van der Waals surface area contributed by atoms with Gasteiger partial charge in [-0.3, -0.25) is 4.79 Å². The van der Waals surface area contributed by atoms with Crippen molar-refractivity contribution in [3.63, 3.8) is 0 Å². The first kappa shape index (κ1) is 12.7. The molecule has 0 saturated heterocycles. The van der Waals surface area contributed by atoms with E-state index in [2.05, 4.69) is 22.0 Å². The van der Waals surface area contributed by atoms with Gasteiger partial charge in [-0.2, -0.15) is 5.26 Å². The van der Waals surface area contributed by atoms with E-state index in [-0.39, 0.29) is 12.4 Å². The number of esters is 1. The molecule has 4 heteroatoms. The van der Waals surface area contributed by atoms with Crippen molar-refractivity contribution in [1.82, 2.24) is 0 Å². The van der Waals surface area contributed by atoms with E-state index < -0.39 is 0 Å². The van der Waals surface area contributed by atoms with E-state index in [1.807, 2.05) is 12.1 Å². The van der Waals surface area contributed by atoms with Gasteiger partial charge in [0.2, 0.25) is 0 Å². The highest BCUT2D eigenvalue weighted by atomic mass is 79.9. The van der Waals surface area contributed by atoms with Crippen LogP contribution in [-0.2, 0) is 21.3 Å². The fraction of sp³-hybridized carbons (Fsp3) is 0.333. The minimum absolute atomic E-state index is 0.213. The minimum Gasteiger partial charge on any atom is -0.466 e. The maximum atomic E-state index is 11.3. The van der Waals surface area contributed by atoms with Crippen LogP contribution in [-0.4, -0.2) is 12.6 Å². The van der Waals surface area contributed by atoms with Crippen molar-refractivity contribution < 1.29 is 9.53 Å². The zero-order valence-corrected chi connectivity index (χ0v) is 10.6. The monoisotopic (exact) mass is 281 g/mol. The summed E-state index contributed by atoms with van der Waals surface area (Å²) in [5, 5.41) is 9.56. The van der Waals surface area contributed by atoms with E-state index >= 15 is 0 Å². The van der Waals surface area contributed by atoms with Crippen LogP contribution in [0.25, 0.3) is 0 Å². The van der Waals surface area contributed by atoms with Crippen LogP contribution < -0.4 is 0 Å². The number of ether oxygens (including phenoxy) is 1. The SMILES string of the molecule is CCOC(=O)Cc1ccc(CBr)c(C#N)c1. The van der Waals surface area contributed by atoms with Gasteiger partial charge in [0.15, 0.2) is 0 Å². The molecule has 0 aliphatic heterocycles. The summed E-state index contributed by atoms with van der Waals surface area (Å²) in [6, 6.07) is 7.53. The van der Waals surface area contributed by atoms with Crippen LogP contribution in [0.2, 0.25) is 0 Å². The molecule has 1 aromatic rings. The number of hydrogen-bond acceptors (Lipinski definition) is 3. The Bertz CT molecular complexity index is 424. The third kappa shape index (κ3) is 3.35. The first-order valence-corrected chi connectivity index (χ1v) is 6.07. The number of alkyl halides is 1. The summed E-state index contributed by atoms with van der Waals surface area (Å²) in [5.41, 5.74) is 2.33. The minimum atomic E-state index is -0.266. The summed E-state index contributed by atoms with van der Waals surface area (Å²) in [6.45, 7) is 2.15. The fourth-order valence-corrected chi connectivity index (χ4v) is 1.82. The Kier molecular flexibility index (Phi) is 5.00. The van der Waals surface area contributed by atoms with Crippen molar-refractivity contribution in [2.45, 2.75) is 18.7 Å². The van der Waals surface area contributed by atoms with Crippen molar-refractivity contribution in [3.05, 3.63) is 34.9 Å². The number of halogens is 1. The summed E-state index contributed by atoms with van der Waals surface area (Å²) >= 11 is 3.31. The second-order valence-electron chi connectivity index (χ2n) is 3.22. The molecule has 16 heavy (non-hydrogen) atoms. The molecule has 0 unspecified atom stereocenters. The molecule has 0 N–H and O–H groups in total. The highest BCUT2D eigenvalue weighted by Gasteiger charge is 2.07. The molecule has 0 amide bonds. The van der Waals surface area contributed by atoms with Gasteiger partial charge in [0.1, 0.15) is 0 Å². The van der Waals surface area contributed by atoms with E-state index in [0.29, 0.717) is 17.5 Å². The summed E-state index contributed by atoms with van der Waals surface area (Å²) in [4.78, 5) is 11.3. The highest BCUT2D eigenvalue weighted by molar-refractivity contribution is 9.08. The Morgan fingerprint density at radius 3 is 2.88 bits per heavy atom. The van der Waals surface area contributed by atoms with Crippen molar-refractivity contribution in [3.8, 4) is 6.07 Å². The Hall–Kier alpha value is -1.34. The van der Waals surface area contributed by atoms with Crippen LogP contribution in [0.5, 0.6) is 0 Å². The third-order valence-corrected chi connectivity index (χ3v) is 2.70. The van der Waals surface area contributed by atoms with Crippen molar-refractivity contribution in [2.75, 3.05) is 6.61 Å². The molecule has 0 spiro atoms. The number of benzene rings is 1. The fourth-order valence-electron chi connectivity index (χ4n) is 1.33. The van der Waals surface area contributed by atoms with Crippen molar-refractivity contribution in [2.24, 2.45) is 0 Å². The molecule has 0 heterocycles. The number of carbonyl (C=O) groups is 1. The normalized spacial score (nSPS) is 9.56. The molecule has 3 nitrogen and oxygen atoms in total. The van der Waals surface area contributed by atoms with Gasteiger partial charge in [0.05, 0.1) is 24.7 Å². The zero-order valence-electron chi connectivity index (χ0n) is 9.00. The van der Waals surface area contributed by atoms with E-state index in [0.717, 1.165) is 11.1 Å². The molecule has 0 radical (unpaired) electrons. The third-order valence-electron chi connectivity index (χ3n) is 2.09. The molecular weight excluding hydrogens is 270 g/mol. The van der Waals surface area contributed by atoms with Crippen LogP contribution in [0.3, 0.4) is 0 Å². The topological polar surface area (TPSA) is 50.1 Å². The second-order valence-corrected chi connectivity index (χ2v) is 3.78. The Morgan fingerprint density at radius 2 is 2.31 bits per heavy atom. The first-order valence-electron chi connectivity index (χ1n) is 4.94. The van der Waals surface area contributed by atoms with E-state index in [4.69, 9.17) is 10.00 Å². The van der Waals surface area contributed by atoms with Crippen LogP contribution >= 0.6 is 15.9 Å². The number of rotatable bonds is 4. The Labute approximate surface area is 103 Å². The van der Waals surface area contributed by atoms with Gasteiger partial charge in [-0.1, -0.05) is 28.1 Å². The van der Waals surface area contributed by atoms with Gasteiger partial charge in [0, 0.05) is 5.33 Å². The summed E-state index contributed by atoms with van der Waals surface area (Å²) in [6.07, 6.45) is 0.213. The molecular formula is C12H12BrNO2. The van der Waals surface area contributed by atoms with Gasteiger partial charge in [-0.15, -0.1) is 0 Å². The quantitative estimate of drug-likeness (QED) is 0.630. The number of nitriles is 1. The number of hydrogen-bond donors (Lipinski definition) is 0. The van der Waals surface area contributed by atoms with E-state index in [1.165, 1.54) is 0 Å². The summed E-state index contributed by atoms with van der Waals surface area (Å²) < 4.78 is 4.84. The molecule has 0 atom stereocenters. The van der Waals surface area contributed by atoms with Gasteiger partial charge < -0.3 is 4.74 Å². The molecule has 0 fully saturated rings. The molecule has 84 valence electrons. The Balaban J connectivity index is 2.84. The molecule has 1 aromatic carbocycles. The lowest BCUT2D eigenvalue weighted by Gasteiger charge is -2.04. The van der Waals surface area contributed by atoms with E-state index in [1.54, 1.807) is 13.0 Å². The van der Waals surface area contributed by atoms with Gasteiger partial charge in [0.25, 0.3) is 0 Å². The lowest BCUT2D eigenvalue weighted by Crippen LogP contribution is -2.07. The van der Waals surface area contributed by atoms with Crippen LogP contribution in [0.4, 0.5) is 0 Å². The highest BCUT2D eigenvalue weighted by Crippen LogP contribution is 2.15. The molecule has 1 rings (SSSR count). The predicted molar refractivity (Wildman–Crippen MR) is 64.1 cm³/mol. The van der Waals surface area contributed by atoms with Crippen molar-refractivity contribution >= 4 is 21.9 Å². The molecule has 0 saturated carbocycles. The summed E-state index contributed by atoms with van der Waals surface area (Å²) in [5.74, 6) is -0.266. The standard InChI is InChI=1S/C12H12BrNO2/c1-2-16-12(15)6-9-3-4-10(7-13)11(5-9)8-14/h3-5H,2,6-7H2,1H3. The predicted octanol–water partition coefficient (Wildman–Crippen LogP) is 2.56. The van der Waals surface area contributed by atoms with E-state index in [9.17, 15) is 4.79 Å². The molecule has 0 aliphatic rings. The number of carbonyl (C=O) groups excluding carboxylic acids is 1. The maximum absolute atomic E-state index is 11.3. The van der Waals surface area contributed by atoms with Gasteiger partial charge >= 0.3 is 5.97 Å². The molecule has 0 aromatic heterocycles. The largest absolute Gasteiger partial charge is 0.466 e.